The fraction of sp³-hybridized carbons (Fsp3) is 0.667. The molecule has 2 nitrogen and oxygen atoms in total. The van der Waals surface area contributed by atoms with E-state index in [1.165, 1.54) is 24.3 Å². The van der Waals surface area contributed by atoms with Crippen LogP contribution in [-0.4, -0.2) is 41.4 Å². The van der Waals surface area contributed by atoms with Gasteiger partial charge in [-0.25, -0.2) is 0 Å². The van der Waals surface area contributed by atoms with Crippen LogP contribution < -0.4 is 5.32 Å². The van der Waals surface area contributed by atoms with Crippen LogP contribution in [0.4, 0.5) is 0 Å². The summed E-state index contributed by atoms with van der Waals surface area (Å²) >= 11 is 1.97. The van der Waals surface area contributed by atoms with E-state index in [2.05, 4.69) is 68.2 Å². The number of benzene rings is 1. The predicted molar refractivity (Wildman–Crippen MR) is 94.1 cm³/mol. The van der Waals surface area contributed by atoms with E-state index in [4.69, 9.17) is 0 Å². The molecule has 1 saturated heterocycles. The molecule has 0 atom stereocenters. The lowest BCUT2D eigenvalue weighted by Crippen LogP contribution is -2.68. The lowest BCUT2D eigenvalue weighted by Gasteiger charge is -2.52. The fourth-order valence-corrected chi connectivity index (χ4v) is 3.94. The quantitative estimate of drug-likeness (QED) is 0.799. The van der Waals surface area contributed by atoms with Gasteiger partial charge in [0.05, 0.1) is 0 Å². The molecule has 0 amide bonds. The standard InChI is InChI=1S/C18H30N2S/c1-5-18(6-2)15-20(17(3,4)14-19-18)12-13-21-16-10-8-7-9-11-16/h7-11,19H,5-6,12-15H2,1-4H3. The zero-order chi connectivity index (χ0) is 15.3. The number of hydrogen-bond donors (Lipinski definition) is 1. The second kappa shape index (κ2) is 7.17. The lowest BCUT2D eigenvalue weighted by molar-refractivity contribution is 0.0279. The average molecular weight is 307 g/mol. The van der Waals surface area contributed by atoms with Gasteiger partial charge in [-0.2, -0.15) is 0 Å². The van der Waals surface area contributed by atoms with E-state index in [0.717, 1.165) is 18.8 Å². The number of piperazine rings is 1. The summed E-state index contributed by atoms with van der Waals surface area (Å²) in [5, 5.41) is 3.81. The molecule has 1 fully saturated rings. The second-order valence-electron chi connectivity index (χ2n) is 6.74. The van der Waals surface area contributed by atoms with Crippen molar-refractivity contribution >= 4 is 11.8 Å². The van der Waals surface area contributed by atoms with Crippen molar-refractivity contribution in [3.8, 4) is 0 Å². The molecule has 1 aromatic rings. The maximum atomic E-state index is 3.81. The highest BCUT2D eigenvalue weighted by molar-refractivity contribution is 7.99. The summed E-state index contributed by atoms with van der Waals surface area (Å²) in [5.74, 6) is 1.16. The third-order valence-electron chi connectivity index (χ3n) is 4.97. The highest BCUT2D eigenvalue weighted by Gasteiger charge is 2.40. The molecule has 1 aromatic carbocycles. The van der Waals surface area contributed by atoms with Crippen molar-refractivity contribution in [2.75, 3.05) is 25.4 Å². The van der Waals surface area contributed by atoms with Crippen LogP contribution in [-0.2, 0) is 0 Å². The molecule has 2 rings (SSSR count). The maximum Gasteiger partial charge on any atom is 0.0304 e. The summed E-state index contributed by atoms with van der Waals surface area (Å²) in [6.07, 6.45) is 2.42. The molecule has 1 heterocycles. The van der Waals surface area contributed by atoms with Crippen molar-refractivity contribution in [3.63, 3.8) is 0 Å². The monoisotopic (exact) mass is 306 g/mol. The molecule has 0 unspecified atom stereocenters. The molecule has 1 aliphatic heterocycles. The summed E-state index contributed by atoms with van der Waals surface area (Å²) in [5.41, 5.74) is 0.567. The topological polar surface area (TPSA) is 15.3 Å². The van der Waals surface area contributed by atoms with Gasteiger partial charge in [0.15, 0.2) is 0 Å². The minimum absolute atomic E-state index is 0.255. The van der Waals surface area contributed by atoms with Crippen molar-refractivity contribution in [3.05, 3.63) is 30.3 Å². The number of hydrogen-bond acceptors (Lipinski definition) is 3. The summed E-state index contributed by atoms with van der Waals surface area (Å²) in [6.45, 7) is 12.8. The van der Waals surface area contributed by atoms with E-state index in [1.54, 1.807) is 0 Å². The van der Waals surface area contributed by atoms with Crippen LogP contribution in [0.2, 0.25) is 0 Å². The molecular weight excluding hydrogens is 276 g/mol. The Morgan fingerprint density at radius 1 is 1.14 bits per heavy atom. The number of rotatable bonds is 6. The van der Waals surface area contributed by atoms with Gasteiger partial charge in [-0.15, -0.1) is 11.8 Å². The Hall–Kier alpha value is -0.510. The zero-order valence-corrected chi connectivity index (χ0v) is 14.8. The Balaban J connectivity index is 1.92. The zero-order valence-electron chi connectivity index (χ0n) is 14.0. The van der Waals surface area contributed by atoms with Gasteiger partial charge in [-0.05, 0) is 38.8 Å². The van der Waals surface area contributed by atoms with Crippen molar-refractivity contribution in [1.82, 2.24) is 10.2 Å². The first-order valence-electron chi connectivity index (χ1n) is 8.19. The smallest absolute Gasteiger partial charge is 0.0304 e. The highest BCUT2D eigenvalue weighted by Crippen LogP contribution is 2.28. The summed E-state index contributed by atoms with van der Waals surface area (Å²) in [6, 6.07) is 10.7. The molecule has 0 saturated carbocycles. The Bertz CT molecular complexity index is 426. The van der Waals surface area contributed by atoms with E-state index in [0.29, 0.717) is 5.54 Å². The largest absolute Gasteiger partial charge is 0.308 e. The van der Waals surface area contributed by atoms with Crippen molar-refractivity contribution in [1.29, 1.82) is 0 Å². The molecule has 0 radical (unpaired) electrons. The Kier molecular flexibility index (Phi) is 5.75. The van der Waals surface area contributed by atoms with Crippen LogP contribution in [0.1, 0.15) is 40.5 Å². The van der Waals surface area contributed by atoms with Crippen molar-refractivity contribution in [2.45, 2.75) is 56.5 Å². The maximum absolute atomic E-state index is 3.81. The van der Waals surface area contributed by atoms with E-state index >= 15 is 0 Å². The highest BCUT2D eigenvalue weighted by atomic mass is 32.2. The lowest BCUT2D eigenvalue weighted by atomic mass is 9.85. The number of nitrogens with one attached hydrogen (secondary N) is 1. The first-order chi connectivity index (χ1) is 10.0. The molecule has 1 aliphatic rings. The SMILES string of the molecule is CCC1(CC)CN(CCSc2ccccc2)C(C)(C)CN1. The van der Waals surface area contributed by atoms with Gasteiger partial charge in [-0.1, -0.05) is 32.0 Å². The average Bonchev–Trinajstić information content (AvgIpc) is 2.50. The molecule has 118 valence electrons. The van der Waals surface area contributed by atoms with Crippen LogP contribution >= 0.6 is 11.8 Å². The van der Waals surface area contributed by atoms with E-state index in [9.17, 15) is 0 Å². The molecule has 0 bridgehead atoms. The minimum atomic E-state index is 0.255. The van der Waals surface area contributed by atoms with Gasteiger partial charge in [-0.3, -0.25) is 4.90 Å². The van der Waals surface area contributed by atoms with Gasteiger partial charge in [0.2, 0.25) is 0 Å². The van der Waals surface area contributed by atoms with Crippen LogP contribution in [0.25, 0.3) is 0 Å². The Morgan fingerprint density at radius 2 is 1.81 bits per heavy atom. The molecule has 0 aromatic heterocycles. The van der Waals surface area contributed by atoms with Crippen LogP contribution in [0, 0.1) is 0 Å². The molecule has 0 aliphatic carbocycles. The van der Waals surface area contributed by atoms with Crippen molar-refractivity contribution < 1.29 is 0 Å². The number of nitrogens with zero attached hydrogens (tertiary/aromatic N) is 1. The van der Waals surface area contributed by atoms with Gasteiger partial charge >= 0.3 is 0 Å². The second-order valence-corrected chi connectivity index (χ2v) is 7.90. The summed E-state index contributed by atoms with van der Waals surface area (Å²) < 4.78 is 0. The van der Waals surface area contributed by atoms with Gasteiger partial charge < -0.3 is 5.32 Å². The van der Waals surface area contributed by atoms with Crippen LogP contribution in [0.5, 0.6) is 0 Å². The third-order valence-corrected chi connectivity index (χ3v) is 5.96. The molecular formula is C18H30N2S. The summed E-state index contributed by atoms with van der Waals surface area (Å²) in [7, 11) is 0. The van der Waals surface area contributed by atoms with E-state index in [1.807, 2.05) is 11.8 Å². The molecule has 3 heteroatoms. The Morgan fingerprint density at radius 3 is 2.43 bits per heavy atom. The first-order valence-corrected chi connectivity index (χ1v) is 9.18. The summed E-state index contributed by atoms with van der Waals surface area (Å²) in [4.78, 5) is 4.06. The molecule has 1 N–H and O–H groups in total. The van der Waals surface area contributed by atoms with E-state index in [-0.39, 0.29) is 5.54 Å². The van der Waals surface area contributed by atoms with Crippen molar-refractivity contribution in [2.24, 2.45) is 0 Å². The normalized spacial score (nSPS) is 21.3. The van der Waals surface area contributed by atoms with Crippen LogP contribution in [0.15, 0.2) is 35.2 Å². The van der Waals surface area contributed by atoms with E-state index < -0.39 is 0 Å². The van der Waals surface area contributed by atoms with Gasteiger partial charge in [0, 0.05) is 41.4 Å². The molecule has 21 heavy (non-hydrogen) atoms. The Labute approximate surface area is 134 Å². The fourth-order valence-electron chi connectivity index (χ4n) is 3.05. The minimum Gasteiger partial charge on any atom is -0.308 e. The predicted octanol–water partition coefficient (Wildman–Crippen LogP) is 4.02. The van der Waals surface area contributed by atoms with Crippen LogP contribution in [0.3, 0.4) is 0 Å². The third kappa shape index (κ3) is 4.24. The van der Waals surface area contributed by atoms with Gasteiger partial charge in [0.1, 0.15) is 0 Å². The number of thioether (sulfide) groups is 1. The van der Waals surface area contributed by atoms with Gasteiger partial charge in [0.25, 0.3) is 0 Å². The first kappa shape index (κ1) is 16.9. The molecule has 0 spiro atoms.